The summed E-state index contributed by atoms with van der Waals surface area (Å²) in [6.07, 6.45) is 3.91. The van der Waals surface area contributed by atoms with Crippen LogP contribution in [0.4, 0.5) is 0 Å². The molecule has 1 unspecified atom stereocenters. The van der Waals surface area contributed by atoms with E-state index in [4.69, 9.17) is 14.2 Å². The minimum absolute atomic E-state index is 0.0174. The molecule has 0 aromatic heterocycles. The van der Waals surface area contributed by atoms with Crippen molar-refractivity contribution in [2.75, 3.05) is 33.3 Å². The molecule has 3 aliphatic rings. The number of ether oxygens (including phenoxy) is 3. The van der Waals surface area contributed by atoms with Gasteiger partial charge in [0.1, 0.15) is 5.75 Å². The van der Waals surface area contributed by atoms with Crippen LogP contribution in [0.25, 0.3) is 0 Å². The summed E-state index contributed by atoms with van der Waals surface area (Å²) in [5.41, 5.74) is 2.85. The quantitative estimate of drug-likeness (QED) is 0.317. The summed E-state index contributed by atoms with van der Waals surface area (Å²) in [4.78, 5) is 19.3. The minimum Gasteiger partial charge on any atom is -0.497 e. The zero-order chi connectivity index (χ0) is 30.8. The molecule has 0 N–H and O–H groups in total. The van der Waals surface area contributed by atoms with Crippen LogP contribution in [0.2, 0.25) is 0 Å². The lowest BCUT2D eigenvalue weighted by Gasteiger charge is -2.45. The van der Waals surface area contributed by atoms with Crippen molar-refractivity contribution < 1.29 is 23.2 Å². The lowest BCUT2D eigenvalue weighted by Crippen LogP contribution is -2.51. The smallest absolute Gasteiger partial charge is 0.254 e. The first-order chi connectivity index (χ1) is 21.3. The Kier molecular flexibility index (Phi) is 9.24. The maximum Gasteiger partial charge on any atom is 0.254 e. The van der Waals surface area contributed by atoms with E-state index in [2.05, 4.69) is 18.7 Å². The molecule has 3 heterocycles. The second-order valence-corrected chi connectivity index (χ2v) is 13.9. The van der Waals surface area contributed by atoms with Gasteiger partial charge in [-0.1, -0.05) is 30.3 Å². The average molecular weight is 617 g/mol. The third-order valence-electron chi connectivity index (χ3n) is 9.84. The van der Waals surface area contributed by atoms with Gasteiger partial charge in [0.15, 0.2) is 5.79 Å². The first-order valence-electron chi connectivity index (χ1n) is 15.9. The summed E-state index contributed by atoms with van der Waals surface area (Å²) in [7, 11) is 0.331. The number of likely N-dealkylation sites (tertiary alicyclic amines) is 2. The van der Waals surface area contributed by atoms with E-state index in [1.807, 2.05) is 84.6 Å². The number of rotatable bonds is 7. The number of benzene rings is 3. The van der Waals surface area contributed by atoms with E-state index in [0.29, 0.717) is 6.04 Å². The van der Waals surface area contributed by atoms with E-state index < -0.39 is 16.6 Å². The number of aryl methyl sites for hydroxylation is 1. The summed E-state index contributed by atoms with van der Waals surface area (Å²) in [6, 6.07) is 23.7. The lowest BCUT2D eigenvalue weighted by molar-refractivity contribution is -0.228. The standard InChI is InChI=1S/C36H44N2O5S/c1-25-7-5-6-8-34(25)35(39)38-23-19-30(20-24-38)37-21-17-29(18-22-37)36(42-26(2)27(3)43-36)28-9-13-32(14-10-28)44(40)33-15-11-31(41-4)12-16-33/h5-16,26-27,29-30H,17-24H2,1-4H3/t26-,27-,44?/m1/s1. The van der Waals surface area contributed by atoms with E-state index in [-0.39, 0.29) is 24.0 Å². The molecule has 3 fully saturated rings. The molecule has 234 valence electrons. The van der Waals surface area contributed by atoms with Gasteiger partial charge in [0.05, 0.1) is 30.1 Å². The van der Waals surface area contributed by atoms with E-state index in [9.17, 15) is 9.00 Å². The fourth-order valence-corrected chi connectivity index (χ4v) is 8.08. The Morgan fingerprint density at radius 2 is 1.39 bits per heavy atom. The van der Waals surface area contributed by atoms with E-state index in [1.165, 1.54) is 0 Å². The third-order valence-corrected chi connectivity index (χ3v) is 11.2. The molecule has 0 radical (unpaired) electrons. The maximum atomic E-state index is 13.3. The van der Waals surface area contributed by atoms with Crippen molar-refractivity contribution in [1.29, 1.82) is 0 Å². The molecule has 7 nitrogen and oxygen atoms in total. The maximum absolute atomic E-state index is 13.3. The average Bonchev–Trinajstić information content (AvgIpc) is 3.39. The number of piperidine rings is 2. The van der Waals surface area contributed by atoms with Crippen LogP contribution < -0.4 is 4.74 Å². The third kappa shape index (κ3) is 6.10. The normalized spacial score (nSPS) is 23.9. The largest absolute Gasteiger partial charge is 0.497 e. The van der Waals surface area contributed by atoms with Crippen molar-refractivity contribution in [3.05, 3.63) is 89.5 Å². The molecule has 1 amide bonds. The van der Waals surface area contributed by atoms with Crippen molar-refractivity contribution in [3.63, 3.8) is 0 Å². The van der Waals surface area contributed by atoms with Crippen LogP contribution >= 0.6 is 0 Å². The number of carbonyl (C=O) groups excluding carboxylic acids is 1. The van der Waals surface area contributed by atoms with Gasteiger partial charge in [0.2, 0.25) is 0 Å². The number of methoxy groups -OCH3 is 1. The second kappa shape index (κ2) is 13.1. The van der Waals surface area contributed by atoms with Gasteiger partial charge in [-0.3, -0.25) is 4.79 Å². The SMILES string of the molecule is COc1ccc(S(=O)c2ccc(C3(C4CCN(C5CCN(C(=O)c6ccccc6C)CC5)CC4)O[C@H](C)[C@@H](C)O3)cc2)cc1. The van der Waals surface area contributed by atoms with Crippen molar-refractivity contribution in [2.45, 2.75) is 80.3 Å². The molecule has 6 rings (SSSR count). The predicted molar refractivity (Wildman–Crippen MR) is 171 cm³/mol. The van der Waals surface area contributed by atoms with Crippen LogP contribution in [-0.4, -0.2) is 71.5 Å². The van der Waals surface area contributed by atoms with E-state index >= 15 is 0 Å². The molecular formula is C36H44N2O5S. The number of amides is 1. The van der Waals surface area contributed by atoms with Crippen LogP contribution in [0, 0.1) is 12.8 Å². The Morgan fingerprint density at radius 1 is 0.818 bits per heavy atom. The Balaban J connectivity index is 1.10. The number of nitrogens with zero attached hydrogens (tertiary/aromatic N) is 2. The van der Waals surface area contributed by atoms with Crippen LogP contribution in [0.5, 0.6) is 5.75 Å². The van der Waals surface area contributed by atoms with Gasteiger partial charge in [-0.25, -0.2) is 4.21 Å². The van der Waals surface area contributed by atoms with Crippen LogP contribution in [-0.2, 0) is 26.1 Å². The van der Waals surface area contributed by atoms with Crippen molar-refractivity contribution >= 4 is 16.7 Å². The molecule has 8 heteroatoms. The predicted octanol–water partition coefficient (Wildman–Crippen LogP) is 6.16. The van der Waals surface area contributed by atoms with Gasteiger partial charge in [0, 0.05) is 46.0 Å². The minimum atomic E-state index is -1.29. The molecular weight excluding hydrogens is 572 g/mol. The van der Waals surface area contributed by atoms with Gasteiger partial charge < -0.3 is 24.0 Å². The summed E-state index contributed by atoms with van der Waals surface area (Å²) in [5, 5.41) is 0. The van der Waals surface area contributed by atoms with Gasteiger partial charge in [-0.05, 0) is 108 Å². The van der Waals surface area contributed by atoms with Crippen LogP contribution in [0.1, 0.15) is 61.0 Å². The highest BCUT2D eigenvalue weighted by Gasteiger charge is 2.52. The lowest BCUT2D eigenvalue weighted by atomic mass is 9.83. The summed E-state index contributed by atoms with van der Waals surface area (Å²) in [6.45, 7) is 9.74. The Bertz CT molecular complexity index is 1450. The highest BCUT2D eigenvalue weighted by Crippen LogP contribution is 2.47. The topological polar surface area (TPSA) is 68.3 Å². The van der Waals surface area contributed by atoms with Crippen LogP contribution in [0.15, 0.2) is 82.6 Å². The number of hydrogen-bond acceptors (Lipinski definition) is 6. The summed E-state index contributed by atoms with van der Waals surface area (Å²) >= 11 is 0. The fraction of sp³-hybridized carbons (Fsp3) is 0.472. The summed E-state index contributed by atoms with van der Waals surface area (Å²) in [5.74, 6) is 0.298. The zero-order valence-corrected chi connectivity index (χ0v) is 27.1. The Labute approximate surface area is 263 Å². The Morgan fingerprint density at radius 3 is 1.95 bits per heavy atom. The first-order valence-corrected chi connectivity index (χ1v) is 17.0. The first kappa shape index (κ1) is 31.0. The summed E-state index contributed by atoms with van der Waals surface area (Å²) < 4.78 is 31.9. The molecule has 3 aliphatic heterocycles. The van der Waals surface area contributed by atoms with Gasteiger partial charge in [-0.2, -0.15) is 0 Å². The van der Waals surface area contributed by atoms with Gasteiger partial charge in [-0.15, -0.1) is 0 Å². The molecule has 0 bridgehead atoms. The molecule has 0 spiro atoms. The van der Waals surface area contributed by atoms with Gasteiger partial charge in [0.25, 0.3) is 5.91 Å². The highest BCUT2D eigenvalue weighted by molar-refractivity contribution is 7.85. The van der Waals surface area contributed by atoms with Crippen molar-refractivity contribution in [1.82, 2.24) is 9.80 Å². The van der Waals surface area contributed by atoms with E-state index in [1.54, 1.807) is 7.11 Å². The van der Waals surface area contributed by atoms with E-state index in [0.717, 1.165) is 84.1 Å². The number of hydrogen-bond donors (Lipinski definition) is 0. The second-order valence-electron chi connectivity index (χ2n) is 12.4. The molecule has 0 saturated carbocycles. The molecule has 3 saturated heterocycles. The molecule has 0 aliphatic carbocycles. The molecule has 44 heavy (non-hydrogen) atoms. The van der Waals surface area contributed by atoms with Crippen molar-refractivity contribution in [2.24, 2.45) is 5.92 Å². The number of carbonyl (C=O) groups is 1. The van der Waals surface area contributed by atoms with Crippen molar-refractivity contribution in [3.8, 4) is 5.75 Å². The Hall–Kier alpha value is -3.04. The molecule has 3 aromatic carbocycles. The zero-order valence-electron chi connectivity index (χ0n) is 26.2. The van der Waals surface area contributed by atoms with Gasteiger partial charge >= 0.3 is 0 Å². The van der Waals surface area contributed by atoms with Crippen LogP contribution in [0.3, 0.4) is 0 Å². The molecule has 3 atom stereocenters. The molecule has 3 aromatic rings. The highest BCUT2D eigenvalue weighted by atomic mass is 32.2. The monoisotopic (exact) mass is 616 g/mol. The fourth-order valence-electron chi connectivity index (χ4n) is 7.04.